The Balaban J connectivity index is 2.70. The summed E-state index contributed by atoms with van der Waals surface area (Å²) in [5.74, 6) is -0.445. The summed E-state index contributed by atoms with van der Waals surface area (Å²) in [5.41, 5.74) is 0.220. The lowest BCUT2D eigenvalue weighted by Gasteiger charge is -2.22. The summed E-state index contributed by atoms with van der Waals surface area (Å²) in [6.45, 7) is 6.32. The molecule has 1 rings (SSSR count). The number of nitrogens with zero attached hydrogens (tertiary/aromatic N) is 2. The number of hydrogen-bond acceptors (Lipinski definition) is 5. The molecule has 5 heteroatoms. The molecule has 0 radical (unpaired) electrons. The van der Waals surface area contributed by atoms with Crippen LogP contribution in [0.2, 0.25) is 0 Å². The highest BCUT2D eigenvalue weighted by Gasteiger charge is 2.18. The molecule has 0 fully saturated rings. The fraction of sp³-hybridized carbons (Fsp3) is 0.667. The van der Waals surface area contributed by atoms with Crippen molar-refractivity contribution in [3.05, 3.63) is 12.0 Å². The van der Waals surface area contributed by atoms with Crippen molar-refractivity contribution in [2.75, 3.05) is 18.6 Å². The number of aromatic nitrogens is 1. The van der Waals surface area contributed by atoms with E-state index in [-0.39, 0.29) is 5.69 Å². The molecule has 0 aromatic carbocycles. The second-order valence-electron chi connectivity index (χ2n) is 3.98. The third-order valence-electron chi connectivity index (χ3n) is 2.65. The van der Waals surface area contributed by atoms with Crippen molar-refractivity contribution < 1.29 is 13.9 Å². The Bertz CT molecular complexity index is 362. The van der Waals surface area contributed by atoms with Crippen molar-refractivity contribution in [1.82, 2.24) is 4.98 Å². The van der Waals surface area contributed by atoms with Crippen molar-refractivity contribution in [3.8, 4) is 0 Å². The van der Waals surface area contributed by atoms with E-state index in [1.54, 1.807) is 6.92 Å². The van der Waals surface area contributed by atoms with Crippen molar-refractivity contribution in [2.45, 2.75) is 39.7 Å². The molecule has 1 aromatic rings. The Morgan fingerprint density at radius 2 is 2.29 bits per heavy atom. The SMILES string of the molecule is CCCC(C)N(C)c1nc(C(=O)OCC)co1. The Kier molecular flexibility index (Phi) is 5.00. The predicted molar refractivity (Wildman–Crippen MR) is 65.2 cm³/mol. The first kappa shape index (κ1) is 13.5. The molecule has 96 valence electrons. The zero-order valence-electron chi connectivity index (χ0n) is 10.9. The number of carbonyl (C=O) groups is 1. The lowest BCUT2D eigenvalue weighted by molar-refractivity contribution is 0.0519. The van der Waals surface area contributed by atoms with Gasteiger partial charge in [0.05, 0.1) is 6.61 Å². The third-order valence-corrected chi connectivity index (χ3v) is 2.65. The molecule has 0 aliphatic rings. The second-order valence-corrected chi connectivity index (χ2v) is 3.98. The summed E-state index contributed by atoms with van der Waals surface area (Å²) >= 11 is 0. The van der Waals surface area contributed by atoms with Crippen LogP contribution in [0.3, 0.4) is 0 Å². The number of ether oxygens (including phenoxy) is 1. The van der Waals surface area contributed by atoms with E-state index in [0.29, 0.717) is 18.7 Å². The summed E-state index contributed by atoms with van der Waals surface area (Å²) in [6.07, 6.45) is 3.48. The summed E-state index contributed by atoms with van der Waals surface area (Å²) in [6, 6.07) is 0.780. The maximum atomic E-state index is 11.4. The van der Waals surface area contributed by atoms with Gasteiger partial charge in [-0.05, 0) is 20.3 Å². The standard InChI is InChI=1S/C12H20N2O3/c1-5-7-9(3)14(4)12-13-10(8-17-12)11(15)16-6-2/h8-9H,5-7H2,1-4H3. The van der Waals surface area contributed by atoms with E-state index in [0.717, 1.165) is 12.8 Å². The van der Waals surface area contributed by atoms with E-state index in [4.69, 9.17) is 9.15 Å². The van der Waals surface area contributed by atoms with Gasteiger partial charge in [-0.15, -0.1) is 0 Å². The molecular weight excluding hydrogens is 220 g/mol. The largest absolute Gasteiger partial charge is 0.461 e. The van der Waals surface area contributed by atoms with Crippen LogP contribution < -0.4 is 4.90 Å². The van der Waals surface area contributed by atoms with Crippen molar-refractivity contribution in [2.24, 2.45) is 0 Å². The molecule has 17 heavy (non-hydrogen) atoms. The first-order valence-electron chi connectivity index (χ1n) is 5.95. The first-order valence-corrected chi connectivity index (χ1v) is 5.95. The van der Waals surface area contributed by atoms with Gasteiger partial charge in [0.25, 0.3) is 6.01 Å². The average molecular weight is 240 g/mol. The number of oxazole rings is 1. The Morgan fingerprint density at radius 3 is 2.88 bits per heavy atom. The van der Waals surface area contributed by atoms with Crippen LogP contribution in [0.25, 0.3) is 0 Å². The normalized spacial score (nSPS) is 12.2. The van der Waals surface area contributed by atoms with Gasteiger partial charge >= 0.3 is 5.97 Å². The molecular formula is C12H20N2O3. The zero-order valence-corrected chi connectivity index (χ0v) is 10.9. The van der Waals surface area contributed by atoms with E-state index < -0.39 is 5.97 Å². The van der Waals surface area contributed by atoms with E-state index in [2.05, 4.69) is 18.8 Å². The lowest BCUT2D eigenvalue weighted by Crippen LogP contribution is -2.28. The van der Waals surface area contributed by atoms with E-state index in [9.17, 15) is 4.79 Å². The van der Waals surface area contributed by atoms with Gasteiger partial charge in [0, 0.05) is 13.1 Å². The van der Waals surface area contributed by atoms with Crippen molar-refractivity contribution in [1.29, 1.82) is 0 Å². The van der Waals surface area contributed by atoms with Gasteiger partial charge in [-0.2, -0.15) is 4.98 Å². The number of esters is 1. The minimum absolute atomic E-state index is 0.220. The highest BCUT2D eigenvalue weighted by molar-refractivity contribution is 5.87. The molecule has 0 spiro atoms. The maximum Gasteiger partial charge on any atom is 0.360 e. The molecule has 1 aromatic heterocycles. The molecule has 1 atom stereocenters. The van der Waals surface area contributed by atoms with Gasteiger partial charge in [0.2, 0.25) is 0 Å². The minimum atomic E-state index is -0.445. The van der Waals surface area contributed by atoms with E-state index in [1.807, 2.05) is 11.9 Å². The quantitative estimate of drug-likeness (QED) is 0.715. The molecule has 0 bridgehead atoms. The summed E-state index contributed by atoms with van der Waals surface area (Å²) in [7, 11) is 1.90. The third kappa shape index (κ3) is 3.47. The van der Waals surface area contributed by atoms with E-state index in [1.165, 1.54) is 6.26 Å². The highest BCUT2D eigenvalue weighted by atomic mass is 16.5. The second kappa shape index (κ2) is 6.27. The number of hydrogen-bond donors (Lipinski definition) is 0. The fourth-order valence-electron chi connectivity index (χ4n) is 1.53. The molecule has 0 amide bonds. The number of rotatable bonds is 6. The Morgan fingerprint density at radius 1 is 1.59 bits per heavy atom. The van der Waals surface area contributed by atoms with Crippen LogP contribution in [0.4, 0.5) is 6.01 Å². The van der Waals surface area contributed by atoms with Crippen molar-refractivity contribution >= 4 is 12.0 Å². The van der Waals surface area contributed by atoms with Crippen LogP contribution in [-0.4, -0.2) is 30.6 Å². The minimum Gasteiger partial charge on any atom is -0.461 e. The van der Waals surface area contributed by atoms with Gasteiger partial charge < -0.3 is 14.1 Å². The molecule has 0 aliphatic carbocycles. The van der Waals surface area contributed by atoms with Crippen LogP contribution in [0.5, 0.6) is 0 Å². The van der Waals surface area contributed by atoms with E-state index >= 15 is 0 Å². The molecule has 1 unspecified atom stereocenters. The maximum absolute atomic E-state index is 11.4. The first-order chi connectivity index (χ1) is 8.10. The van der Waals surface area contributed by atoms with Crippen LogP contribution in [0, 0.1) is 0 Å². The fourth-order valence-corrected chi connectivity index (χ4v) is 1.53. The molecule has 1 heterocycles. The number of carbonyl (C=O) groups excluding carboxylic acids is 1. The van der Waals surface area contributed by atoms with Gasteiger partial charge in [-0.3, -0.25) is 0 Å². The summed E-state index contributed by atoms with van der Waals surface area (Å²) in [5, 5.41) is 0. The zero-order chi connectivity index (χ0) is 12.8. The number of anilines is 1. The summed E-state index contributed by atoms with van der Waals surface area (Å²) in [4.78, 5) is 17.5. The molecule has 0 aliphatic heterocycles. The topological polar surface area (TPSA) is 55.6 Å². The van der Waals surface area contributed by atoms with Gasteiger partial charge in [0.15, 0.2) is 5.69 Å². The van der Waals surface area contributed by atoms with Crippen molar-refractivity contribution in [3.63, 3.8) is 0 Å². The van der Waals surface area contributed by atoms with Crippen LogP contribution >= 0.6 is 0 Å². The van der Waals surface area contributed by atoms with Crippen LogP contribution in [0.1, 0.15) is 44.1 Å². The average Bonchev–Trinajstić information content (AvgIpc) is 2.78. The Hall–Kier alpha value is -1.52. The molecule has 5 nitrogen and oxygen atoms in total. The monoisotopic (exact) mass is 240 g/mol. The molecule has 0 saturated heterocycles. The molecule has 0 N–H and O–H groups in total. The Labute approximate surface area is 102 Å². The van der Waals surface area contributed by atoms with Gasteiger partial charge in [0.1, 0.15) is 6.26 Å². The lowest BCUT2D eigenvalue weighted by atomic mass is 10.2. The van der Waals surface area contributed by atoms with Crippen LogP contribution in [0.15, 0.2) is 10.7 Å². The van der Waals surface area contributed by atoms with Gasteiger partial charge in [-0.1, -0.05) is 13.3 Å². The smallest absolute Gasteiger partial charge is 0.360 e. The molecule has 0 saturated carbocycles. The summed E-state index contributed by atoms with van der Waals surface area (Å²) < 4.78 is 10.1. The predicted octanol–water partition coefficient (Wildman–Crippen LogP) is 2.48. The van der Waals surface area contributed by atoms with Gasteiger partial charge in [-0.25, -0.2) is 4.79 Å². The highest BCUT2D eigenvalue weighted by Crippen LogP contribution is 2.17. The van der Waals surface area contributed by atoms with Crippen LogP contribution in [-0.2, 0) is 4.74 Å².